The zero-order valence-corrected chi connectivity index (χ0v) is 18.1. The summed E-state index contributed by atoms with van der Waals surface area (Å²) >= 11 is 1.23. The molecule has 0 atom stereocenters. The van der Waals surface area contributed by atoms with E-state index in [0.717, 1.165) is 5.39 Å². The number of aromatic nitrogens is 1. The fourth-order valence-corrected chi connectivity index (χ4v) is 4.86. The van der Waals surface area contributed by atoms with E-state index in [1.54, 1.807) is 31.3 Å². The van der Waals surface area contributed by atoms with Gasteiger partial charge in [0.05, 0.1) is 23.9 Å². The number of para-hydroxylation sites is 1. The fourth-order valence-electron chi connectivity index (χ4n) is 3.57. The van der Waals surface area contributed by atoms with E-state index in [4.69, 9.17) is 4.74 Å². The maximum Gasteiger partial charge on any atom is 0.267 e. The lowest BCUT2D eigenvalue weighted by Crippen LogP contribution is -2.26. The maximum atomic E-state index is 13.6. The largest absolute Gasteiger partial charge is 0.494 e. The van der Waals surface area contributed by atoms with Gasteiger partial charge in [0.15, 0.2) is 11.5 Å². The number of methoxy groups -OCH3 is 1. The van der Waals surface area contributed by atoms with Gasteiger partial charge in [-0.05, 0) is 13.0 Å². The standard InChI is InChI=1S/C24H21N2O4S/c1-4-25(2)24(29)22-20(30-3)19-21(31-22)16-12-8-9-13-17(16)26(23(19)28)14-18(27)15-10-6-5-7-11-15/h5-13H,1,4,14H2,2-3H3. The van der Waals surface area contributed by atoms with Crippen molar-refractivity contribution < 1.29 is 14.3 Å². The highest BCUT2D eigenvalue weighted by Crippen LogP contribution is 2.40. The Bertz CT molecular complexity index is 1360. The van der Waals surface area contributed by atoms with Crippen molar-refractivity contribution in [3.63, 3.8) is 0 Å². The van der Waals surface area contributed by atoms with Crippen LogP contribution in [0.15, 0.2) is 59.4 Å². The van der Waals surface area contributed by atoms with Crippen molar-refractivity contribution in [1.29, 1.82) is 0 Å². The Balaban J connectivity index is 1.99. The van der Waals surface area contributed by atoms with E-state index in [9.17, 15) is 14.4 Å². The molecule has 31 heavy (non-hydrogen) atoms. The average molecular weight is 434 g/mol. The summed E-state index contributed by atoms with van der Waals surface area (Å²) in [5, 5.41) is 1.10. The highest BCUT2D eigenvalue weighted by Gasteiger charge is 2.26. The lowest BCUT2D eigenvalue weighted by molar-refractivity contribution is 0.0811. The van der Waals surface area contributed by atoms with Crippen LogP contribution in [0.25, 0.3) is 21.0 Å². The highest BCUT2D eigenvalue weighted by atomic mass is 32.1. The molecule has 1 amide bonds. The van der Waals surface area contributed by atoms with Gasteiger partial charge in [0.2, 0.25) is 0 Å². The van der Waals surface area contributed by atoms with Crippen LogP contribution in [0, 0.1) is 6.92 Å². The summed E-state index contributed by atoms with van der Waals surface area (Å²) in [5.74, 6) is -0.195. The topological polar surface area (TPSA) is 68.6 Å². The molecule has 0 fully saturated rings. The van der Waals surface area contributed by atoms with Crippen LogP contribution in [-0.2, 0) is 6.54 Å². The van der Waals surface area contributed by atoms with Gasteiger partial charge in [0.1, 0.15) is 10.3 Å². The molecule has 0 saturated heterocycles. The number of fused-ring (bicyclic) bond motifs is 3. The van der Waals surface area contributed by atoms with Crippen LogP contribution in [0.3, 0.4) is 0 Å². The number of rotatable bonds is 6. The highest BCUT2D eigenvalue weighted by molar-refractivity contribution is 7.22. The van der Waals surface area contributed by atoms with Crippen LogP contribution in [0.2, 0.25) is 0 Å². The minimum absolute atomic E-state index is 0.111. The Morgan fingerprint density at radius 3 is 2.45 bits per heavy atom. The van der Waals surface area contributed by atoms with Crippen LogP contribution in [-0.4, -0.2) is 41.9 Å². The molecule has 0 aliphatic carbocycles. The summed E-state index contributed by atoms with van der Waals surface area (Å²) < 4.78 is 7.66. The summed E-state index contributed by atoms with van der Waals surface area (Å²) in [5.41, 5.74) is 0.809. The van der Waals surface area contributed by atoms with Gasteiger partial charge in [-0.15, -0.1) is 11.3 Å². The molecule has 4 aromatic rings. The van der Waals surface area contributed by atoms with Gasteiger partial charge in [-0.2, -0.15) is 0 Å². The van der Waals surface area contributed by atoms with Crippen molar-refractivity contribution in [3.8, 4) is 5.75 Å². The first-order chi connectivity index (χ1) is 15.0. The molecule has 0 bridgehead atoms. The van der Waals surface area contributed by atoms with Crippen LogP contribution in [0.1, 0.15) is 20.0 Å². The first-order valence-electron chi connectivity index (χ1n) is 9.73. The third kappa shape index (κ3) is 3.51. The first-order valence-corrected chi connectivity index (χ1v) is 10.5. The predicted octanol–water partition coefficient (Wildman–Crippen LogP) is 4.01. The summed E-state index contributed by atoms with van der Waals surface area (Å²) in [6.07, 6.45) is 0. The number of thiophene rings is 1. The van der Waals surface area contributed by atoms with Crippen molar-refractivity contribution >= 4 is 44.0 Å². The van der Waals surface area contributed by atoms with Crippen molar-refractivity contribution in [2.24, 2.45) is 0 Å². The smallest absolute Gasteiger partial charge is 0.267 e. The second-order valence-corrected chi connectivity index (χ2v) is 8.11. The normalized spacial score (nSPS) is 11.1. The molecule has 1 radical (unpaired) electrons. The van der Waals surface area contributed by atoms with E-state index in [1.807, 2.05) is 30.3 Å². The minimum atomic E-state index is -0.359. The zero-order valence-electron chi connectivity index (χ0n) is 17.3. The number of hydrogen-bond acceptors (Lipinski definition) is 5. The zero-order chi connectivity index (χ0) is 22.1. The van der Waals surface area contributed by atoms with Crippen LogP contribution in [0.4, 0.5) is 0 Å². The van der Waals surface area contributed by atoms with E-state index < -0.39 is 0 Å². The van der Waals surface area contributed by atoms with Gasteiger partial charge in [-0.3, -0.25) is 19.0 Å². The number of carbonyl (C=O) groups is 2. The summed E-state index contributed by atoms with van der Waals surface area (Å²) in [6.45, 7) is 3.92. The molecule has 2 aromatic carbocycles. The van der Waals surface area contributed by atoms with Crippen LogP contribution in [0.5, 0.6) is 5.75 Å². The molecular weight excluding hydrogens is 412 g/mol. The molecule has 0 unspecified atom stereocenters. The molecule has 4 rings (SSSR count). The van der Waals surface area contributed by atoms with Crippen LogP contribution >= 0.6 is 11.3 Å². The molecule has 0 aliphatic heterocycles. The molecule has 0 aliphatic rings. The van der Waals surface area contributed by atoms with Crippen molar-refractivity contribution in [2.45, 2.75) is 6.54 Å². The second kappa shape index (κ2) is 8.35. The number of Topliss-reactive ketones (excluding diaryl/α,β-unsaturated/α-hetero) is 1. The van der Waals surface area contributed by atoms with Gasteiger partial charge in [0, 0.05) is 24.5 Å². The number of hydrogen-bond donors (Lipinski definition) is 0. The van der Waals surface area contributed by atoms with Gasteiger partial charge >= 0.3 is 0 Å². The third-order valence-electron chi connectivity index (χ3n) is 5.24. The predicted molar refractivity (Wildman–Crippen MR) is 123 cm³/mol. The van der Waals surface area contributed by atoms with Gasteiger partial charge in [0.25, 0.3) is 11.5 Å². The molecule has 7 heteroatoms. The molecular formula is C24H21N2O4S. The van der Waals surface area contributed by atoms with Crippen molar-refractivity contribution in [2.75, 3.05) is 20.7 Å². The Hall–Kier alpha value is -3.45. The SMILES string of the molecule is [CH2]CN(C)C(=O)c1sc2c(c1OC)c(=O)n(CC(=O)c1ccccc1)c1ccccc21. The number of ketones is 1. The van der Waals surface area contributed by atoms with Crippen LogP contribution < -0.4 is 10.3 Å². The van der Waals surface area contributed by atoms with Gasteiger partial charge in [-0.1, -0.05) is 48.5 Å². The summed E-state index contributed by atoms with van der Waals surface area (Å²) in [6, 6.07) is 16.2. The number of ether oxygens (including phenoxy) is 1. The lowest BCUT2D eigenvalue weighted by atomic mass is 10.1. The first kappa shape index (κ1) is 20.8. The molecule has 0 saturated carbocycles. The molecule has 157 valence electrons. The Morgan fingerprint density at radius 1 is 1.10 bits per heavy atom. The number of carbonyl (C=O) groups excluding carboxylic acids is 2. The Labute approximate surface area is 183 Å². The third-order valence-corrected chi connectivity index (χ3v) is 6.43. The van der Waals surface area contributed by atoms with Crippen molar-refractivity contribution in [3.05, 3.63) is 82.3 Å². The van der Waals surface area contributed by atoms with E-state index >= 15 is 0 Å². The number of pyridine rings is 1. The van der Waals surface area contributed by atoms with E-state index in [-0.39, 0.29) is 36.1 Å². The maximum absolute atomic E-state index is 13.6. The minimum Gasteiger partial charge on any atom is -0.494 e. The van der Waals surface area contributed by atoms with E-state index in [0.29, 0.717) is 26.0 Å². The van der Waals surface area contributed by atoms with E-state index in [2.05, 4.69) is 6.92 Å². The van der Waals surface area contributed by atoms with Gasteiger partial charge < -0.3 is 9.64 Å². The van der Waals surface area contributed by atoms with E-state index in [1.165, 1.54) is 27.9 Å². The molecule has 6 nitrogen and oxygen atoms in total. The average Bonchev–Trinajstić information content (AvgIpc) is 3.21. The monoisotopic (exact) mass is 433 g/mol. The van der Waals surface area contributed by atoms with Crippen molar-refractivity contribution in [1.82, 2.24) is 9.47 Å². The number of benzene rings is 2. The fraction of sp³-hybridized carbons (Fsp3) is 0.167. The quantitative estimate of drug-likeness (QED) is 0.431. The lowest BCUT2D eigenvalue weighted by Gasteiger charge is -2.13. The Kier molecular flexibility index (Phi) is 5.61. The van der Waals surface area contributed by atoms with Gasteiger partial charge in [-0.25, -0.2) is 0 Å². The molecule has 0 N–H and O–H groups in total. The summed E-state index contributed by atoms with van der Waals surface area (Å²) in [4.78, 5) is 41.1. The molecule has 0 spiro atoms. The molecule has 2 heterocycles. The molecule has 2 aromatic heterocycles. The summed E-state index contributed by atoms with van der Waals surface area (Å²) in [7, 11) is 3.09. The Morgan fingerprint density at radius 2 is 1.77 bits per heavy atom. The second-order valence-electron chi connectivity index (χ2n) is 7.09. The number of amides is 1. The number of nitrogens with zero attached hydrogens (tertiary/aromatic N) is 2.